The third kappa shape index (κ3) is 5.84. The Balaban J connectivity index is 0.00000180. The quantitative estimate of drug-likeness (QED) is 0.489. The molecular formula is C27H36N4O5. The number of nitrogens with zero attached hydrogens (tertiary/aromatic N) is 4. The van der Waals surface area contributed by atoms with Crippen molar-refractivity contribution in [3.05, 3.63) is 52.7 Å². The number of aryl methyl sites for hydroxylation is 1. The zero-order chi connectivity index (χ0) is 23.5. The first-order valence-electron chi connectivity index (χ1n) is 11.6. The summed E-state index contributed by atoms with van der Waals surface area (Å²) in [5.74, 6) is 1.29. The summed E-state index contributed by atoms with van der Waals surface area (Å²) in [6.45, 7) is 1.30. The van der Waals surface area contributed by atoms with E-state index in [1.165, 1.54) is 11.8 Å². The van der Waals surface area contributed by atoms with Crippen LogP contribution >= 0.6 is 0 Å². The molecule has 2 aliphatic rings. The Morgan fingerprint density at radius 2 is 1.67 bits per heavy atom. The molecule has 1 saturated carbocycles. The minimum Gasteiger partial charge on any atom is -0.494 e. The topological polar surface area (TPSA) is 97.6 Å². The van der Waals surface area contributed by atoms with E-state index in [1.807, 2.05) is 12.1 Å². The molecule has 0 saturated heterocycles. The first-order chi connectivity index (χ1) is 16.6. The average Bonchev–Trinajstić information content (AvgIpc) is 2.88. The Morgan fingerprint density at radius 3 is 2.31 bits per heavy atom. The summed E-state index contributed by atoms with van der Waals surface area (Å²) in [6.07, 6.45) is 10.9. The fourth-order valence-electron chi connectivity index (χ4n) is 4.48. The van der Waals surface area contributed by atoms with E-state index < -0.39 is 0 Å². The van der Waals surface area contributed by atoms with Crippen LogP contribution in [0.15, 0.2) is 41.6 Å². The monoisotopic (exact) mass is 496 g/mol. The summed E-state index contributed by atoms with van der Waals surface area (Å²) in [6, 6.07) is 4.42. The van der Waals surface area contributed by atoms with E-state index in [0.29, 0.717) is 36.2 Å². The van der Waals surface area contributed by atoms with Gasteiger partial charge in [0.15, 0.2) is 5.75 Å². The van der Waals surface area contributed by atoms with Crippen LogP contribution in [0.1, 0.15) is 52.5 Å². The average molecular weight is 497 g/mol. The molecule has 0 radical (unpaired) electrons. The highest BCUT2D eigenvalue weighted by atomic mass is 16.5. The minimum absolute atomic E-state index is 0. The molecular weight excluding hydrogens is 460 g/mol. The molecule has 2 aromatic heterocycles. The second-order valence-electron chi connectivity index (χ2n) is 8.59. The standard InChI is InChI=1S/C25H28N4O5.2CH4/c1-29-23(30)15-26-21-11-17(16-7-9-32-10-8-16)12-22(24(21)29)33-18-3-5-19(6-4-18)34-25-27-13-20(31-2)14-28-25;;/h7,11-15,18-19H,3-6,8-10H2,1-2H3;2*1H4. The van der Waals surface area contributed by atoms with Gasteiger partial charge in [0.05, 0.1) is 50.5 Å². The van der Waals surface area contributed by atoms with Gasteiger partial charge in [0.1, 0.15) is 17.4 Å². The van der Waals surface area contributed by atoms with Gasteiger partial charge >= 0.3 is 6.01 Å². The van der Waals surface area contributed by atoms with Gasteiger partial charge in [-0.25, -0.2) is 4.98 Å². The molecule has 0 N–H and O–H groups in total. The molecule has 1 fully saturated rings. The normalized spacial score (nSPS) is 19.4. The van der Waals surface area contributed by atoms with Gasteiger partial charge in [-0.2, -0.15) is 9.97 Å². The van der Waals surface area contributed by atoms with Gasteiger partial charge in [-0.1, -0.05) is 20.9 Å². The van der Waals surface area contributed by atoms with Crippen molar-refractivity contribution in [1.82, 2.24) is 19.5 Å². The summed E-state index contributed by atoms with van der Waals surface area (Å²) >= 11 is 0. The highest BCUT2D eigenvalue weighted by Crippen LogP contribution is 2.34. The lowest BCUT2D eigenvalue weighted by Gasteiger charge is -2.29. The molecule has 0 bridgehead atoms. The minimum atomic E-state index is -0.160. The Kier molecular flexibility index (Phi) is 9.03. The van der Waals surface area contributed by atoms with E-state index in [9.17, 15) is 4.79 Å². The Labute approximate surface area is 212 Å². The molecule has 1 aliphatic carbocycles. The van der Waals surface area contributed by atoms with Crippen LogP contribution in [-0.4, -0.2) is 52.1 Å². The maximum absolute atomic E-state index is 12.3. The van der Waals surface area contributed by atoms with Crippen LogP contribution in [-0.2, 0) is 11.8 Å². The second-order valence-corrected chi connectivity index (χ2v) is 8.59. The van der Waals surface area contributed by atoms with E-state index in [-0.39, 0.29) is 32.6 Å². The number of aromatic nitrogens is 4. The molecule has 9 nitrogen and oxygen atoms in total. The molecule has 5 rings (SSSR count). The first-order valence-corrected chi connectivity index (χ1v) is 11.6. The van der Waals surface area contributed by atoms with Crippen LogP contribution in [0.4, 0.5) is 0 Å². The molecule has 3 heterocycles. The van der Waals surface area contributed by atoms with Crippen molar-refractivity contribution < 1.29 is 18.9 Å². The fraction of sp³-hybridized carbons (Fsp3) is 0.481. The van der Waals surface area contributed by atoms with E-state index in [2.05, 4.69) is 21.0 Å². The van der Waals surface area contributed by atoms with Crippen molar-refractivity contribution in [3.8, 4) is 17.5 Å². The van der Waals surface area contributed by atoms with Gasteiger partial charge < -0.3 is 23.5 Å². The van der Waals surface area contributed by atoms with E-state index in [4.69, 9.17) is 18.9 Å². The van der Waals surface area contributed by atoms with Crippen LogP contribution in [0.3, 0.4) is 0 Å². The summed E-state index contributed by atoms with van der Waals surface area (Å²) in [4.78, 5) is 25.1. The van der Waals surface area contributed by atoms with Crippen molar-refractivity contribution in [1.29, 1.82) is 0 Å². The molecule has 1 aromatic carbocycles. The Morgan fingerprint density at radius 1 is 0.972 bits per heavy atom. The number of hydrogen-bond acceptors (Lipinski definition) is 8. The molecule has 0 spiro atoms. The van der Waals surface area contributed by atoms with Crippen LogP contribution in [0, 0.1) is 0 Å². The third-order valence-electron chi connectivity index (χ3n) is 6.40. The van der Waals surface area contributed by atoms with Crippen molar-refractivity contribution in [2.24, 2.45) is 7.05 Å². The van der Waals surface area contributed by atoms with Crippen LogP contribution in [0.2, 0.25) is 0 Å². The number of methoxy groups -OCH3 is 1. The van der Waals surface area contributed by atoms with Crippen LogP contribution in [0.25, 0.3) is 16.6 Å². The fourth-order valence-corrected chi connectivity index (χ4v) is 4.48. The Bertz CT molecular complexity index is 1250. The van der Waals surface area contributed by atoms with Gasteiger partial charge in [-0.3, -0.25) is 4.79 Å². The van der Waals surface area contributed by atoms with Gasteiger partial charge in [0.25, 0.3) is 5.56 Å². The number of hydrogen-bond donors (Lipinski definition) is 0. The molecule has 0 amide bonds. The van der Waals surface area contributed by atoms with E-state index in [0.717, 1.165) is 43.2 Å². The lowest BCUT2D eigenvalue weighted by Crippen LogP contribution is -2.30. The predicted molar refractivity (Wildman–Crippen MR) is 140 cm³/mol. The zero-order valence-electron chi connectivity index (χ0n) is 19.4. The van der Waals surface area contributed by atoms with Gasteiger partial charge in [-0.15, -0.1) is 0 Å². The molecule has 9 heteroatoms. The second kappa shape index (κ2) is 12.0. The predicted octanol–water partition coefficient (Wildman–Crippen LogP) is 4.58. The van der Waals surface area contributed by atoms with Gasteiger partial charge in [-0.05, 0) is 55.4 Å². The number of fused-ring (bicyclic) bond motifs is 1. The largest absolute Gasteiger partial charge is 0.494 e. The lowest BCUT2D eigenvalue weighted by atomic mass is 9.94. The van der Waals surface area contributed by atoms with Crippen molar-refractivity contribution in [2.75, 3.05) is 20.3 Å². The van der Waals surface area contributed by atoms with E-state index in [1.54, 1.807) is 31.1 Å². The Hall–Kier alpha value is -3.46. The van der Waals surface area contributed by atoms with Crippen molar-refractivity contribution >= 4 is 16.6 Å². The third-order valence-corrected chi connectivity index (χ3v) is 6.40. The molecule has 3 aromatic rings. The highest BCUT2D eigenvalue weighted by Gasteiger charge is 2.26. The van der Waals surface area contributed by atoms with Gasteiger partial charge in [0, 0.05) is 7.05 Å². The number of rotatable bonds is 6. The maximum atomic E-state index is 12.3. The van der Waals surface area contributed by atoms with Crippen molar-refractivity contribution in [3.63, 3.8) is 0 Å². The van der Waals surface area contributed by atoms with Crippen LogP contribution in [0.5, 0.6) is 17.5 Å². The summed E-state index contributed by atoms with van der Waals surface area (Å²) in [7, 11) is 3.33. The van der Waals surface area contributed by atoms with Crippen LogP contribution < -0.4 is 19.8 Å². The number of benzene rings is 1. The lowest BCUT2D eigenvalue weighted by molar-refractivity contribution is 0.0755. The SMILES string of the molecule is C.C.COc1cnc(OC2CCC(Oc3cc(C4=CCOCC4)cc4ncc(=O)n(C)c34)CC2)nc1. The number of ether oxygens (including phenoxy) is 4. The van der Waals surface area contributed by atoms with Gasteiger partial charge in [0.2, 0.25) is 0 Å². The molecule has 194 valence electrons. The molecule has 36 heavy (non-hydrogen) atoms. The highest BCUT2D eigenvalue weighted by molar-refractivity contribution is 5.86. The zero-order valence-corrected chi connectivity index (χ0v) is 19.4. The smallest absolute Gasteiger partial charge is 0.316 e. The first kappa shape index (κ1) is 27.1. The van der Waals surface area contributed by atoms with E-state index >= 15 is 0 Å². The molecule has 1 aliphatic heterocycles. The molecule has 0 unspecified atom stereocenters. The summed E-state index contributed by atoms with van der Waals surface area (Å²) < 4.78 is 24.6. The summed E-state index contributed by atoms with van der Waals surface area (Å²) in [5.41, 5.74) is 3.58. The van der Waals surface area contributed by atoms with Crippen molar-refractivity contribution in [2.45, 2.75) is 59.2 Å². The molecule has 0 atom stereocenters. The maximum Gasteiger partial charge on any atom is 0.316 e. The summed E-state index contributed by atoms with van der Waals surface area (Å²) in [5, 5.41) is 0.